The molecule has 3 nitrogen and oxygen atoms in total. The Balaban J connectivity index is 2.42. The van der Waals surface area contributed by atoms with Gasteiger partial charge in [-0.1, -0.05) is 27.5 Å². The molecule has 0 unspecified atom stereocenters. The van der Waals surface area contributed by atoms with Crippen molar-refractivity contribution < 1.29 is 9.53 Å². The van der Waals surface area contributed by atoms with E-state index in [-0.39, 0.29) is 12.5 Å². The van der Waals surface area contributed by atoms with Crippen molar-refractivity contribution >= 4 is 33.5 Å². The summed E-state index contributed by atoms with van der Waals surface area (Å²) in [5, 5.41) is 3.65. The summed E-state index contributed by atoms with van der Waals surface area (Å²) >= 11 is 9.36. The van der Waals surface area contributed by atoms with E-state index in [0.717, 1.165) is 10.0 Å². The number of hydrogen-bond donors (Lipinski definition) is 1. The molecule has 88 valence electrons. The second-order valence-corrected chi connectivity index (χ2v) is 4.47. The predicted octanol–water partition coefficient (Wildman–Crippen LogP) is 2.76. The monoisotopic (exact) mass is 305 g/mol. The first-order valence-corrected chi connectivity index (χ1v) is 6.11. The summed E-state index contributed by atoms with van der Waals surface area (Å²) in [6.45, 7) is 2.91. The van der Waals surface area contributed by atoms with Crippen LogP contribution in [0.25, 0.3) is 0 Å². The molecule has 0 aromatic heterocycles. The molecular formula is C11H13BrClNO2. The minimum Gasteiger partial charge on any atom is -0.465 e. The maximum absolute atomic E-state index is 11.1. The Kier molecular flexibility index (Phi) is 5.80. The van der Waals surface area contributed by atoms with Gasteiger partial charge in [-0.25, -0.2) is 0 Å². The zero-order valence-electron chi connectivity index (χ0n) is 8.93. The number of esters is 1. The highest BCUT2D eigenvalue weighted by molar-refractivity contribution is 9.10. The third-order valence-corrected chi connectivity index (χ3v) is 2.76. The fourth-order valence-corrected chi connectivity index (χ4v) is 1.78. The standard InChI is InChI=1S/C11H13BrClNO2/c1-2-16-11(15)7-14-6-8-5-9(12)3-4-10(8)13/h3-5,14H,2,6-7H2,1H3. The van der Waals surface area contributed by atoms with Gasteiger partial charge in [0.25, 0.3) is 0 Å². The van der Waals surface area contributed by atoms with Gasteiger partial charge in [-0.15, -0.1) is 0 Å². The molecule has 1 aromatic carbocycles. The molecule has 0 saturated heterocycles. The summed E-state index contributed by atoms with van der Waals surface area (Å²) in [7, 11) is 0. The second kappa shape index (κ2) is 6.89. The van der Waals surface area contributed by atoms with Gasteiger partial charge in [0.2, 0.25) is 0 Å². The molecule has 0 heterocycles. The van der Waals surface area contributed by atoms with E-state index in [9.17, 15) is 4.79 Å². The molecule has 0 saturated carbocycles. The van der Waals surface area contributed by atoms with Gasteiger partial charge >= 0.3 is 5.97 Å². The zero-order chi connectivity index (χ0) is 12.0. The molecular weight excluding hydrogens is 293 g/mol. The topological polar surface area (TPSA) is 38.3 Å². The van der Waals surface area contributed by atoms with Crippen molar-refractivity contribution in [2.24, 2.45) is 0 Å². The normalized spacial score (nSPS) is 10.2. The van der Waals surface area contributed by atoms with Crippen LogP contribution in [-0.2, 0) is 16.1 Å². The minimum absolute atomic E-state index is 0.191. The molecule has 0 spiro atoms. The molecule has 0 atom stereocenters. The molecule has 16 heavy (non-hydrogen) atoms. The van der Waals surface area contributed by atoms with Crippen LogP contribution in [0.15, 0.2) is 22.7 Å². The SMILES string of the molecule is CCOC(=O)CNCc1cc(Br)ccc1Cl. The fraction of sp³-hybridized carbons (Fsp3) is 0.364. The fourth-order valence-electron chi connectivity index (χ4n) is 1.19. The summed E-state index contributed by atoms with van der Waals surface area (Å²) in [5.74, 6) is -0.256. The molecule has 0 amide bonds. The van der Waals surface area contributed by atoms with E-state index in [0.29, 0.717) is 18.2 Å². The predicted molar refractivity (Wildman–Crippen MR) is 67.5 cm³/mol. The van der Waals surface area contributed by atoms with E-state index < -0.39 is 0 Å². The number of carbonyl (C=O) groups excluding carboxylic acids is 1. The molecule has 0 bridgehead atoms. The van der Waals surface area contributed by atoms with Gasteiger partial charge in [-0.3, -0.25) is 4.79 Å². The largest absolute Gasteiger partial charge is 0.465 e. The van der Waals surface area contributed by atoms with Crippen LogP contribution in [-0.4, -0.2) is 19.1 Å². The Labute approximate surface area is 108 Å². The second-order valence-electron chi connectivity index (χ2n) is 3.14. The molecule has 0 aliphatic heterocycles. The van der Waals surface area contributed by atoms with Crippen LogP contribution >= 0.6 is 27.5 Å². The van der Waals surface area contributed by atoms with Gasteiger partial charge in [-0.2, -0.15) is 0 Å². The Morgan fingerprint density at radius 2 is 2.31 bits per heavy atom. The van der Waals surface area contributed by atoms with Crippen molar-refractivity contribution in [3.05, 3.63) is 33.3 Å². The van der Waals surface area contributed by atoms with Crippen LogP contribution in [0.5, 0.6) is 0 Å². The average Bonchev–Trinajstić information content (AvgIpc) is 2.23. The van der Waals surface area contributed by atoms with Crippen LogP contribution in [0.4, 0.5) is 0 Å². The Morgan fingerprint density at radius 3 is 3.00 bits per heavy atom. The van der Waals surface area contributed by atoms with E-state index in [1.165, 1.54) is 0 Å². The first-order valence-electron chi connectivity index (χ1n) is 4.93. The van der Waals surface area contributed by atoms with Crippen molar-refractivity contribution in [1.82, 2.24) is 5.32 Å². The number of rotatable bonds is 5. The highest BCUT2D eigenvalue weighted by Crippen LogP contribution is 2.20. The zero-order valence-corrected chi connectivity index (χ0v) is 11.3. The highest BCUT2D eigenvalue weighted by atomic mass is 79.9. The van der Waals surface area contributed by atoms with Crippen molar-refractivity contribution in [3.63, 3.8) is 0 Å². The van der Waals surface area contributed by atoms with E-state index >= 15 is 0 Å². The van der Waals surface area contributed by atoms with Crippen LogP contribution in [0.2, 0.25) is 5.02 Å². The van der Waals surface area contributed by atoms with E-state index in [1.807, 2.05) is 18.2 Å². The number of halogens is 2. The highest BCUT2D eigenvalue weighted by Gasteiger charge is 2.03. The third kappa shape index (κ3) is 4.51. The lowest BCUT2D eigenvalue weighted by atomic mass is 10.2. The first-order chi connectivity index (χ1) is 7.63. The number of carbonyl (C=O) groups is 1. The lowest BCUT2D eigenvalue weighted by molar-refractivity contribution is -0.142. The van der Waals surface area contributed by atoms with Crippen molar-refractivity contribution in [2.75, 3.05) is 13.2 Å². The van der Waals surface area contributed by atoms with Crippen LogP contribution in [0.3, 0.4) is 0 Å². The summed E-state index contributed by atoms with van der Waals surface area (Å²) in [4.78, 5) is 11.1. The molecule has 1 N–H and O–H groups in total. The van der Waals surface area contributed by atoms with Crippen LogP contribution in [0.1, 0.15) is 12.5 Å². The van der Waals surface area contributed by atoms with Crippen molar-refractivity contribution in [1.29, 1.82) is 0 Å². The molecule has 0 aliphatic rings. The van der Waals surface area contributed by atoms with E-state index in [1.54, 1.807) is 6.92 Å². The Hall–Kier alpha value is -0.580. The maximum Gasteiger partial charge on any atom is 0.319 e. The van der Waals surface area contributed by atoms with Crippen molar-refractivity contribution in [3.8, 4) is 0 Å². The Morgan fingerprint density at radius 1 is 1.56 bits per heavy atom. The summed E-state index contributed by atoms with van der Waals surface area (Å²) in [6.07, 6.45) is 0. The molecule has 0 aliphatic carbocycles. The van der Waals surface area contributed by atoms with Crippen LogP contribution in [0, 0.1) is 0 Å². The van der Waals surface area contributed by atoms with Crippen molar-refractivity contribution in [2.45, 2.75) is 13.5 Å². The van der Waals surface area contributed by atoms with E-state index in [2.05, 4.69) is 21.2 Å². The van der Waals surface area contributed by atoms with Crippen LogP contribution < -0.4 is 5.32 Å². The smallest absolute Gasteiger partial charge is 0.319 e. The van der Waals surface area contributed by atoms with Gasteiger partial charge in [0.15, 0.2) is 0 Å². The molecule has 0 radical (unpaired) electrons. The van der Waals surface area contributed by atoms with Gasteiger partial charge in [-0.05, 0) is 30.7 Å². The molecule has 1 rings (SSSR count). The van der Waals surface area contributed by atoms with Gasteiger partial charge in [0.1, 0.15) is 0 Å². The van der Waals surface area contributed by atoms with Gasteiger partial charge in [0.05, 0.1) is 13.2 Å². The van der Waals surface area contributed by atoms with Gasteiger partial charge < -0.3 is 10.1 Å². The number of ether oxygens (including phenoxy) is 1. The van der Waals surface area contributed by atoms with Gasteiger partial charge in [0, 0.05) is 16.0 Å². The molecule has 1 aromatic rings. The lowest BCUT2D eigenvalue weighted by Crippen LogP contribution is -2.24. The quantitative estimate of drug-likeness (QED) is 0.850. The maximum atomic E-state index is 11.1. The third-order valence-electron chi connectivity index (χ3n) is 1.90. The first kappa shape index (κ1) is 13.5. The molecule has 5 heteroatoms. The van der Waals surface area contributed by atoms with E-state index in [4.69, 9.17) is 16.3 Å². The Bertz CT molecular complexity index is 371. The number of nitrogens with one attached hydrogen (secondary N) is 1. The number of benzene rings is 1. The summed E-state index contributed by atoms with van der Waals surface area (Å²) < 4.78 is 5.75. The lowest BCUT2D eigenvalue weighted by Gasteiger charge is -2.06. The number of hydrogen-bond acceptors (Lipinski definition) is 3. The summed E-state index contributed by atoms with van der Waals surface area (Å²) in [6, 6.07) is 5.60. The molecule has 0 fully saturated rings. The minimum atomic E-state index is -0.256. The summed E-state index contributed by atoms with van der Waals surface area (Å²) in [5.41, 5.74) is 0.945. The average molecular weight is 307 g/mol.